The summed E-state index contributed by atoms with van der Waals surface area (Å²) < 4.78 is 34.2. The van der Waals surface area contributed by atoms with Crippen LogP contribution in [0.2, 0.25) is 0 Å². The van der Waals surface area contributed by atoms with Crippen LogP contribution in [0.1, 0.15) is 70.4 Å². The molecule has 0 bridgehead atoms. The SMILES string of the molecule is CCN(CCCCS(=O)(=O)[O-])C1CCC(N=Nc2c(C#N)cnn2C2C(Cl)CC(C(=O)[O-])CC2Cl)C(NC(C)=O)C1.[K+].[K+]. The third-order valence-corrected chi connectivity index (χ3v) is 9.42. The zero-order valence-corrected chi connectivity index (χ0v) is 33.6. The third kappa shape index (κ3) is 12.5. The molecule has 2 saturated carbocycles. The molecule has 1 N–H and O–H groups in total. The minimum absolute atomic E-state index is 0. The first kappa shape index (κ1) is 42.0. The minimum atomic E-state index is -4.24. The van der Waals surface area contributed by atoms with Crippen molar-refractivity contribution in [1.82, 2.24) is 20.0 Å². The van der Waals surface area contributed by atoms with E-state index in [1.807, 2.05) is 13.0 Å². The average Bonchev–Trinajstić information content (AvgIpc) is 3.29. The van der Waals surface area contributed by atoms with E-state index in [0.29, 0.717) is 25.8 Å². The van der Waals surface area contributed by atoms with Crippen molar-refractivity contribution in [1.29, 1.82) is 5.26 Å². The van der Waals surface area contributed by atoms with E-state index in [9.17, 15) is 32.9 Å². The number of nitriles is 1. The predicted molar refractivity (Wildman–Crippen MR) is 148 cm³/mol. The molecule has 18 heteroatoms. The maximum Gasteiger partial charge on any atom is 1.00 e. The van der Waals surface area contributed by atoms with Crippen molar-refractivity contribution >= 4 is 51.0 Å². The van der Waals surface area contributed by atoms with Gasteiger partial charge in [0.05, 0.1) is 45.2 Å². The van der Waals surface area contributed by atoms with Gasteiger partial charge in [0.25, 0.3) is 0 Å². The van der Waals surface area contributed by atoms with Crippen molar-refractivity contribution in [3.63, 3.8) is 0 Å². The normalized spacial score (nSPS) is 27.6. The Kier molecular flexibility index (Phi) is 19.2. The molecule has 1 aromatic rings. The Labute approximate surface area is 347 Å². The molecule has 5 atom stereocenters. The number of azo groups is 1. The van der Waals surface area contributed by atoms with Crippen LogP contribution in [0.25, 0.3) is 0 Å². The Morgan fingerprint density at radius 3 is 2.40 bits per heavy atom. The number of hydrogen-bond acceptors (Lipinski definition) is 11. The van der Waals surface area contributed by atoms with Crippen LogP contribution in [0.15, 0.2) is 16.4 Å². The summed E-state index contributed by atoms with van der Waals surface area (Å²) in [4.78, 5) is 25.6. The van der Waals surface area contributed by atoms with E-state index in [1.54, 1.807) is 0 Å². The molecule has 3 rings (SSSR count). The van der Waals surface area contributed by atoms with Crippen molar-refractivity contribution in [3.05, 3.63) is 11.8 Å². The molecular weight excluding hydrogens is 675 g/mol. The van der Waals surface area contributed by atoms with Crippen molar-refractivity contribution < 1.29 is 130 Å². The van der Waals surface area contributed by atoms with E-state index in [4.69, 9.17) is 23.2 Å². The van der Waals surface area contributed by atoms with E-state index in [2.05, 4.69) is 25.5 Å². The fourth-order valence-electron chi connectivity index (χ4n) is 5.74. The smallest absolute Gasteiger partial charge is 0.748 e. The number of nitrogens with zero attached hydrogens (tertiary/aromatic N) is 6. The molecular formula is C25H35Cl2K2N7O6S. The Hall–Kier alpha value is 0.963. The van der Waals surface area contributed by atoms with Gasteiger partial charge in [-0.2, -0.15) is 15.5 Å². The number of amides is 1. The largest absolute Gasteiger partial charge is 1.00 e. The van der Waals surface area contributed by atoms with Gasteiger partial charge in [-0.25, -0.2) is 13.1 Å². The monoisotopic (exact) mass is 709 g/mol. The predicted octanol–water partition coefficient (Wildman–Crippen LogP) is -4.16. The van der Waals surface area contributed by atoms with Gasteiger partial charge in [0.15, 0.2) is 5.82 Å². The molecule has 43 heavy (non-hydrogen) atoms. The summed E-state index contributed by atoms with van der Waals surface area (Å²) in [6, 6.07) is 0.806. The standard InChI is InChI=1S/C25H37Cl2N7O6S.2K/c1-3-33(8-4-5-9-41(38,39)40)18-6-7-21(22(12-18)30-15(2)35)31-32-24-17(13-28)14-29-34(24)23-19(26)10-16(25(36)37)11-20(23)27;;/h14,16,18-23H,3-12H2,1-2H3,(H,30,35)(H,36,37)(H,38,39,40);;/q;2*+1/p-2. The van der Waals surface area contributed by atoms with E-state index in [-0.39, 0.29) is 163 Å². The Bertz CT molecular complexity index is 1250. The van der Waals surface area contributed by atoms with Crippen LogP contribution in [0.3, 0.4) is 0 Å². The minimum Gasteiger partial charge on any atom is -0.748 e. The van der Waals surface area contributed by atoms with Crippen LogP contribution in [-0.4, -0.2) is 87.2 Å². The van der Waals surface area contributed by atoms with E-state index in [0.717, 1.165) is 13.0 Å². The Balaban J connectivity index is 0.00000462. The third-order valence-electron chi connectivity index (χ3n) is 7.75. The summed E-state index contributed by atoms with van der Waals surface area (Å²) in [5.74, 6) is -2.45. The number of carbonyl (C=O) groups excluding carboxylic acids is 2. The molecule has 0 saturated heterocycles. The zero-order chi connectivity index (χ0) is 30.3. The van der Waals surface area contributed by atoms with Gasteiger partial charge in [-0.1, -0.05) is 6.92 Å². The van der Waals surface area contributed by atoms with Crippen LogP contribution < -0.4 is 113 Å². The molecule has 5 unspecified atom stereocenters. The molecule has 0 aliphatic heterocycles. The molecule has 1 amide bonds. The molecule has 0 aromatic carbocycles. The molecule has 0 spiro atoms. The molecule has 2 aliphatic rings. The van der Waals surface area contributed by atoms with Crippen molar-refractivity contribution in [2.24, 2.45) is 16.1 Å². The van der Waals surface area contributed by atoms with Crippen LogP contribution in [0.5, 0.6) is 0 Å². The van der Waals surface area contributed by atoms with Gasteiger partial charge in [0.2, 0.25) is 5.91 Å². The maximum absolute atomic E-state index is 12.0. The second-order valence-corrected chi connectivity index (χ2v) is 13.2. The number of aliphatic carboxylic acids is 1. The van der Waals surface area contributed by atoms with Gasteiger partial charge in [0.1, 0.15) is 11.6 Å². The number of nitrogens with one attached hydrogen (secondary N) is 1. The number of carbonyl (C=O) groups is 2. The van der Waals surface area contributed by atoms with Gasteiger partial charge in [-0.05, 0) is 58.0 Å². The number of rotatable bonds is 12. The molecule has 228 valence electrons. The van der Waals surface area contributed by atoms with Gasteiger partial charge in [0, 0.05) is 30.6 Å². The summed E-state index contributed by atoms with van der Waals surface area (Å²) in [5, 5.41) is 35.8. The first-order valence-corrected chi connectivity index (χ1v) is 16.1. The molecule has 1 heterocycles. The van der Waals surface area contributed by atoms with E-state index >= 15 is 0 Å². The fraction of sp³-hybridized carbons (Fsp3) is 0.760. The second-order valence-electron chi connectivity index (χ2n) is 10.6. The summed E-state index contributed by atoms with van der Waals surface area (Å²) in [6.07, 6.45) is 4.38. The quantitative estimate of drug-likeness (QED) is 0.0736. The Morgan fingerprint density at radius 2 is 1.86 bits per heavy atom. The van der Waals surface area contributed by atoms with Crippen LogP contribution in [0, 0.1) is 17.2 Å². The van der Waals surface area contributed by atoms with E-state index < -0.39 is 38.8 Å². The fourth-order valence-corrected chi connectivity index (χ4v) is 7.36. The summed E-state index contributed by atoms with van der Waals surface area (Å²) >= 11 is 13.1. The second kappa shape index (κ2) is 19.7. The van der Waals surface area contributed by atoms with Crippen LogP contribution >= 0.6 is 23.2 Å². The van der Waals surface area contributed by atoms with Gasteiger partial charge in [-0.15, -0.1) is 28.3 Å². The number of carboxylic acids is 1. The van der Waals surface area contributed by atoms with Crippen LogP contribution in [-0.2, 0) is 19.7 Å². The summed E-state index contributed by atoms with van der Waals surface area (Å²) in [6.45, 7) is 4.77. The zero-order valence-electron chi connectivity index (χ0n) is 25.0. The van der Waals surface area contributed by atoms with Crippen LogP contribution in [0.4, 0.5) is 5.82 Å². The number of alkyl halides is 2. The average molecular weight is 711 g/mol. The van der Waals surface area contributed by atoms with Crippen molar-refractivity contribution in [2.75, 3.05) is 18.8 Å². The number of carboxylic acid groups (broad SMARTS) is 1. The molecule has 13 nitrogen and oxygen atoms in total. The summed E-state index contributed by atoms with van der Waals surface area (Å²) in [7, 11) is -4.24. The van der Waals surface area contributed by atoms with Crippen molar-refractivity contribution in [3.8, 4) is 6.07 Å². The van der Waals surface area contributed by atoms with Gasteiger partial charge >= 0.3 is 103 Å². The molecule has 2 fully saturated rings. The first-order chi connectivity index (χ1) is 19.3. The van der Waals surface area contributed by atoms with E-state index in [1.165, 1.54) is 17.8 Å². The number of aromatic nitrogens is 2. The summed E-state index contributed by atoms with van der Waals surface area (Å²) in [5.41, 5.74) is 0.158. The molecule has 0 radical (unpaired) electrons. The molecule has 2 aliphatic carbocycles. The Morgan fingerprint density at radius 1 is 1.21 bits per heavy atom. The first-order valence-electron chi connectivity index (χ1n) is 13.7. The van der Waals surface area contributed by atoms with Crippen molar-refractivity contribution in [2.45, 2.75) is 93.7 Å². The maximum atomic E-state index is 12.0. The topological polar surface area (TPSA) is 196 Å². The van der Waals surface area contributed by atoms with Gasteiger partial charge in [-0.3, -0.25) is 4.79 Å². The number of hydrogen-bond donors (Lipinski definition) is 1. The molecule has 1 aromatic heterocycles. The van der Waals surface area contributed by atoms with Gasteiger partial charge < -0.3 is 24.7 Å². The number of halogens is 2. The number of unbranched alkanes of at least 4 members (excludes halogenated alkanes) is 1.